The number of benzene rings is 1. The lowest BCUT2D eigenvalue weighted by molar-refractivity contribution is -0.136. The van der Waals surface area contributed by atoms with Crippen LogP contribution in [-0.4, -0.2) is 48.3 Å². The van der Waals surface area contributed by atoms with Gasteiger partial charge < -0.3 is 10.6 Å². The maximum Gasteiger partial charge on any atom is 0.313 e. The van der Waals surface area contributed by atoms with Crippen LogP contribution in [0.5, 0.6) is 0 Å². The van der Waals surface area contributed by atoms with E-state index in [-0.39, 0.29) is 18.0 Å². The molecule has 0 spiro atoms. The van der Waals surface area contributed by atoms with Crippen molar-refractivity contribution >= 4 is 27.5 Å². The minimum atomic E-state index is -3.64. The van der Waals surface area contributed by atoms with Crippen LogP contribution in [0.15, 0.2) is 54.1 Å². The molecule has 0 aliphatic rings. The van der Waals surface area contributed by atoms with Crippen molar-refractivity contribution in [2.45, 2.75) is 11.4 Å². The molecule has 0 aliphatic heterocycles. The highest BCUT2D eigenvalue weighted by Gasteiger charge is 2.20. The summed E-state index contributed by atoms with van der Waals surface area (Å²) in [6, 6.07) is 7.20. The van der Waals surface area contributed by atoms with Crippen molar-refractivity contribution in [1.29, 1.82) is 0 Å². The highest BCUT2D eigenvalue weighted by Crippen LogP contribution is 2.17. The van der Waals surface area contributed by atoms with E-state index in [2.05, 4.69) is 27.4 Å². The molecule has 0 saturated heterocycles. The summed E-state index contributed by atoms with van der Waals surface area (Å²) in [5, 5.41) is 11.2. The number of sulfonamides is 1. The largest absolute Gasteiger partial charge is 0.342 e. The zero-order valence-electron chi connectivity index (χ0n) is 14.1. The predicted molar refractivity (Wildman–Crippen MR) is 95.5 cm³/mol. The van der Waals surface area contributed by atoms with Crippen molar-refractivity contribution in [2.24, 2.45) is 0 Å². The van der Waals surface area contributed by atoms with Gasteiger partial charge in [-0.3, -0.25) is 14.7 Å². The van der Waals surface area contributed by atoms with Crippen molar-refractivity contribution in [1.82, 2.24) is 19.8 Å². The van der Waals surface area contributed by atoms with Gasteiger partial charge in [-0.05, 0) is 30.3 Å². The van der Waals surface area contributed by atoms with Gasteiger partial charge in [0.2, 0.25) is 10.0 Å². The first-order valence-corrected chi connectivity index (χ1v) is 9.03. The first kappa shape index (κ1) is 19.3. The molecule has 2 aromatic rings. The number of hydrogen-bond donors (Lipinski definition) is 3. The molecule has 3 N–H and O–H groups in total. The second kappa shape index (κ2) is 8.41. The third-order valence-corrected chi connectivity index (χ3v) is 5.25. The van der Waals surface area contributed by atoms with Crippen LogP contribution in [0.25, 0.3) is 0 Å². The van der Waals surface area contributed by atoms with Crippen LogP contribution in [0, 0.1) is 0 Å². The second-order valence-corrected chi connectivity index (χ2v) is 7.36. The maximum atomic E-state index is 12.3. The van der Waals surface area contributed by atoms with Crippen LogP contribution in [0.4, 0.5) is 5.69 Å². The Balaban J connectivity index is 1.96. The van der Waals surface area contributed by atoms with Gasteiger partial charge >= 0.3 is 11.8 Å². The number of aromatic amines is 1. The van der Waals surface area contributed by atoms with Crippen molar-refractivity contribution in [3.63, 3.8) is 0 Å². The van der Waals surface area contributed by atoms with Gasteiger partial charge in [0.15, 0.2) is 0 Å². The predicted octanol–water partition coefficient (Wildman–Crippen LogP) is 0.471. The number of hydrogen-bond acceptors (Lipinski definition) is 5. The Morgan fingerprint density at radius 3 is 2.50 bits per heavy atom. The Kier molecular flexibility index (Phi) is 6.26. The Morgan fingerprint density at radius 1 is 1.23 bits per heavy atom. The van der Waals surface area contributed by atoms with Crippen LogP contribution in [0.3, 0.4) is 0 Å². The molecular formula is C16H19N5O4S. The third-order valence-electron chi connectivity index (χ3n) is 3.41. The maximum absolute atomic E-state index is 12.3. The van der Waals surface area contributed by atoms with Crippen molar-refractivity contribution < 1.29 is 18.0 Å². The number of anilines is 1. The SMILES string of the molecule is C=CCN(C)S(=O)(=O)c1ccc(NC(=O)C(=O)NCc2ccn[nH]2)cc1. The fourth-order valence-corrected chi connectivity index (χ4v) is 3.14. The molecule has 138 valence electrons. The molecule has 0 radical (unpaired) electrons. The summed E-state index contributed by atoms with van der Waals surface area (Å²) in [5.74, 6) is -1.68. The molecule has 2 rings (SSSR count). The third kappa shape index (κ3) is 4.77. The summed E-state index contributed by atoms with van der Waals surface area (Å²) in [6.45, 7) is 3.82. The lowest BCUT2D eigenvalue weighted by Crippen LogP contribution is -2.35. The number of likely N-dealkylation sites (N-methyl/N-ethyl adjacent to an activating group) is 1. The molecule has 0 bridgehead atoms. The number of carbonyl (C=O) groups excluding carboxylic acids is 2. The first-order valence-electron chi connectivity index (χ1n) is 7.59. The molecule has 0 unspecified atom stereocenters. The van der Waals surface area contributed by atoms with Gasteiger partial charge in [-0.1, -0.05) is 6.08 Å². The Morgan fingerprint density at radius 2 is 1.92 bits per heavy atom. The Bertz CT molecular complexity index is 876. The van der Waals surface area contributed by atoms with E-state index < -0.39 is 21.8 Å². The minimum absolute atomic E-state index is 0.0727. The van der Waals surface area contributed by atoms with Crippen LogP contribution in [0.2, 0.25) is 0 Å². The summed E-state index contributed by atoms with van der Waals surface area (Å²) in [7, 11) is -2.19. The van der Waals surface area contributed by atoms with E-state index in [1.807, 2.05) is 0 Å². The van der Waals surface area contributed by atoms with E-state index >= 15 is 0 Å². The smallest absolute Gasteiger partial charge is 0.313 e. The molecule has 9 nitrogen and oxygen atoms in total. The average molecular weight is 377 g/mol. The van der Waals surface area contributed by atoms with Crippen LogP contribution in [0.1, 0.15) is 5.69 Å². The molecule has 0 fully saturated rings. The standard InChI is InChI=1S/C16H19N5O4S/c1-3-10-21(2)26(24,25)14-6-4-12(5-7-14)19-16(23)15(22)17-11-13-8-9-18-20-13/h3-9H,1,10-11H2,2H3,(H,17,22)(H,18,20)(H,19,23). The fourth-order valence-electron chi connectivity index (χ4n) is 2.00. The van der Waals surface area contributed by atoms with Crippen molar-refractivity contribution in [2.75, 3.05) is 18.9 Å². The lowest BCUT2D eigenvalue weighted by atomic mass is 10.3. The second-order valence-electron chi connectivity index (χ2n) is 5.32. The van der Waals surface area contributed by atoms with Gasteiger partial charge in [0.05, 0.1) is 17.1 Å². The minimum Gasteiger partial charge on any atom is -0.342 e. The number of carbonyl (C=O) groups is 2. The molecule has 1 aromatic heterocycles. The van der Waals surface area contributed by atoms with Crippen molar-refractivity contribution in [3.05, 3.63) is 54.9 Å². The van der Waals surface area contributed by atoms with Gasteiger partial charge in [-0.25, -0.2) is 8.42 Å². The summed E-state index contributed by atoms with van der Waals surface area (Å²) < 4.78 is 25.7. The molecule has 0 saturated carbocycles. The fraction of sp³-hybridized carbons (Fsp3) is 0.188. The van der Waals surface area contributed by atoms with Gasteiger partial charge in [0, 0.05) is 25.5 Å². The summed E-state index contributed by atoms with van der Waals surface area (Å²) in [4.78, 5) is 23.7. The Hall–Kier alpha value is -2.98. The van der Waals surface area contributed by atoms with E-state index in [0.29, 0.717) is 11.4 Å². The quantitative estimate of drug-likeness (QED) is 0.478. The summed E-state index contributed by atoms with van der Waals surface area (Å²) in [5.41, 5.74) is 0.960. The Labute approximate surface area is 151 Å². The van der Waals surface area contributed by atoms with E-state index in [9.17, 15) is 18.0 Å². The zero-order chi connectivity index (χ0) is 19.2. The number of nitrogens with one attached hydrogen (secondary N) is 3. The van der Waals surface area contributed by atoms with E-state index in [4.69, 9.17) is 0 Å². The molecule has 1 heterocycles. The number of aromatic nitrogens is 2. The lowest BCUT2D eigenvalue weighted by Gasteiger charge is -2.15. The molecule has 0 aliphatic carbocycles. The van der Waals surface area contributed by atoms with Gasteiger partial charge in [0.25, 0.3) is 0 Å². The highest BCUT2D eigenvalue weighted by molar-refractivity contribution is 7.89. The molecule has 2 amide bonds. The van der Waals surface area contributed by atoms with Gasteiger partial charge in [-0.15, -0.1) is 6.58 Å². The van der Waals surface area contributed by atoms with E-state index in [0.717, 1.165) is 4.31 Å². The van der Waals surface area contributed by atoms with Gasteiger partial charge in [0.1, 0.15) is 0 Å². The number of H-pyrrole nitrogens is 1. The normalized spacial score (nSPS) is 11.2. The highest BCUT2D eigenvalue weighted by atomic mass is 32.2. The first-order chi connectivity index (χ1) is 12.3. The van der Waals surface area contributed by atoms with E-state index in [1.54, 1.807) is 6.07 Å². The summed E-state index contributed by atoms with van der Waals surface area (Å²) in [6.07, 6.45) is 3.01. The van der Waals surface area contributed by atoms with Gasteiger partial charge in [-0.2, -0.15) is 9.40 Å². The number of nitrogens with zero attached hydrogens (tertiary/aromatic N) is 2. The molecule has 0 atom stereocenters. The number of rotatable bonds is 7. The van der Waals surface area contributed by atoms with Crippen molar-refractivity contribution in [3.8, 4) is 0 Å². The molecule has 26 heavy (non-hydrogen) atoms. The molecule has 10 heteroatoms. The monoisotopic (exact) mass is 377 g/mol. The van der Waals surface area contributed by atoms with E-state index in [1.165, 1.54) is 43.6 Å². The molecular weight excluding hydrogens is 358 g/mol. The number of amides is 2. The average Bonchev–Trinajstić information content (AvgIpc) is 3.13. The van der Waals surface area contributed by atoms with Crippen LogP contribution in [-0.2, 0) is 26.2 Å². The topological polar surface area (TPSA) is 124 Å². The van der Waals surface area contributed by atoms with Crippen LogP contribution >= 0.6 is 0 Å². The van der Waals surface area contributed by atoms with Crippen LogP contribution < -0.4 is 10.6 Å². The molecule has 1 aromatic carbocycles. The summed E-state index contributed by atoms with van der Waals surface area (Å²) >= 11 is 0. The zero-order valence-corrected chi connectivity index (χ0v) is 14.9.